The SMILES string of the molecule is O=[S@@]1COc2nc(N3CCC(c4ccc(S(F)(F)(F)(F)F)cc4)CC3)nc(NC3(CO)CCC3)c21. The van der Waals surface area contributed by atoms with Crippen LogP contribution in [0.4, 0.5) is 31.2 Å². The molecule has 2 aromatic rings. The molecule has 35 heavy (non-hydrogen) atoms. The molecule has 1 aromatic carbocycles. The molecule has 1 atom stereocenters. The van der Waals surface area contributed by atoms with Crippen molar-refractivity contribution in [1.82, 2.24) is 9.97 Å². The molecule has 1 saturated heterocycles. The number of fused-ring (bicyclic) bond motifs is 1. The first kappa shape index (κ1) is 24.5. The Morgan fingerprint density at radius 3 is 2.31 bits per heavy atom. The van der Waals surface area contributed by atoms with Crippen LogP contribution in [0.15, 0.2) is 34.1 Å². The predicted molar refractivity (Wildman–Crippen MR) is 123 cm³/mol. The van der Waals surface area contributed by atoms with E-state index < -0.39 is 31.5 Å². The molecule has 0 spiro atoms. The van der Waals surface area contributed by atoms with Gasteiger partial charge >= 0.3 is 10.2 Å². The van der Waals surface area contributed by atoms with E-state index in [0.29, 0.717) is 60.3 Å². The van der Waals surface area contributed by atoms with Crippen molar-refractivity contribution in [2.75, 3.05) is 35.9 Å². The van der Waals surface area contributed by atoms with Crippen LogP contribution in [0.2, 0.25) is 0 Å². The topological polar surface area (TPSA) is 87.6 Å². The van der Waals surface area contributed by atoms with Gasteiger partial charge < -0.3 is 20.1 Å². The number of aliphatic hydroxyl groups is 1. The van der Waals surface area contributed by atoms with Gasteiger partial charge in [-0.2, -0.15) is 9.97 Å². The molecule has 194 valence electrons. The number of rotatable bonds is 6. The summed E-state index contributed by atoms with van der Waals surface area (Å²) in [4.78, 5) is 9.43. The minimum absolute atomic E-state index is 0.0225. The van der Waals surface area contributed by atoms with E-state index in [2.05, 4.69) is 15.3 Å². The molecule has 1 aromatic heterocycles. The van der Waals surface area contributed by atoms with Gasteiger partial charge in [-0.25, -0.2) is 0 Å². The second-order valence-corrected chi connectivity index (χ2v) is 13.1. The van der Waals surface area contributed by atoms with Gasteiger partial charge in [0.1, 0.15) is 20.6 Å². The molecule has 14 heteroatoms. The van der Waals surface area contributed by atoms with Gasteiger partial charge in [0.05, 0.1) is 12.1 Å². The van der Waals surface area contributed by atoms with Crippen LogP contribution in [0.25, 0.3) is 0 Å². The molecule has 3 aliphatic rings. The van der Waals surface area contributed by atoms with Crippen LogP contribution in [0.3, 0.4) is 0 Å². The molecule has 5 rings (SSSR count). The normalized spacial score (nSPS) is 24.1. The Hall–Kier alpha value is -2.19. The summed E-state index contributed by atoms with van der Waals surface area (Å²) in [6, 6.07) is 3.16. The van der Waals surface area contributed by atoms with Crippen molar-refractivity contribution in [2.45, 2.75) is 53.4 Å². The lowest BCUT2D eigenvalue weighted by molar-refractivity contribution is 0.143. The number of piperidine rings is 1. The third-order valence-electron chi connectivity index (χ3n) is 6.92. The second-order valence-electron chi connectivity index (χ2n) is 9.33. The molecule has 0 unspecified atom stereocenters. The van der Waals surface area contributed by atoms with E-state index in [1.54, 1.807) is 0 Å². The van der Waals surface area contributed by atoms with Crippen molar-refractivity contribution in [3.8, 4) is 5.88 Å². The predicted octanol–water partition coefficient (Wildman–Crippen LogP) is 5.30. The zero-order valence-corrected chi connectivity index (χ0v) is 20.2. The van der Waals surface area contributed by atoms with E-state index in [4.69, 9.17) is 4.74 Å². The lowest BCUT2D eigenvalue weighted by Crippen LogP contribution is -2.48. The number of nitrogens with one attached hydrogen (secondary N) is 1. The highest BCUT2D eigenvalue weighted by molar-refractivity contribution is 8.45. The highest BCUT2D eigenvalue weighted by Gasteiger charge is 2.65. The lowest BCUT2D eigenvalue weighted by Gasteiger charge is -2.41. The van der Waals surface area contributed by atoms with Crippen molar-refractivity contribution in [3.05, 3.63) is 29.8 Å². The number of hydrogen-bond donors (Lipinski definition) is 2. The average molecular weight is 541 g/mol. The van der Waals surface area contributed by atoms with Gasteiger partial charge in [0.25, 0.3) is 0 Å². The van der Waals surface area contributed by atoms with Crippen molar-refractivity contribution in [2.24, 2.45) is 0 Å². The fraction of sp³-hybridized carbons (Fsp3) is 0.524. The minimum Gasteiger partial charge on any atom is -0.463 e. The van der Waals surface area contributed by atoms with Crippen LogP contribution in [0, 0.1) is 0 Å². The summed E-state index contributed by atoms with van der Waals surface area (Å²) in [7, 11) is -11.1. The Kier molecular flexibility index (Phi) is 5.36. The second kappa shape index (κ2) is 7.65. The quantitative estimate of drug-likeness (QED) is 0.481. The zero-order chi connectivity index (χ0) is 25.1. The minimum atomic E-state index is -9.69. The molecule has 2 fully saturated rings. The molecule has 2 N–H and O–H groups in total. The Morgan fingerprint density at radius 2 is 1.77 bits per heavy atom. The lowest BCUT2D eigenvalue weighted by atomic mass is 9.77. The number of ether oxygens (including phenoxy) is 1. The first-order valence-corrected chi connectivity index (χ1v) is 14.5. The summed E-state index contributed by atoms with van der Waals surface area (Å²) in [6.45, 7) is 0.891. The molecular weight excluding hydrogens is 515 g/mol. The Morgan fingerprint density at radius 1 is 1.11 bits per heavy atom. The van der Waals surface area contributed by atoms with E-state index in [1.807, 2.05) is 4.90 Å². The van der Waals surface area contributed by atoms with Gasteiger partial charge in [0.2, 0.25) is 11.8 Å². The fourth-order valence-electron chi connectivity index (χ4n) is 4.70. The summed E-state index contributed by atoms with van der Waals surface area (Å²) >= 11 is 0. The summed E-state index contributed by atoms with van der Waals surface area (Å²) < 4.78 is 82.9. The highest BCUT2D eigenvalue weighted by atomic mass is 32.5. The highest BCUT2D eigenvalue weighted by Crippen LogP contribution is 3.02. The molecular formula is C21H25F5N4O3S2. The molecule has 2 aliphatic heterocycles. The molecule has 0 amide bonds. The number of aromatic nitrogens is 2. The van der Waals surface area contributed by atoms with Crippen LogP contribution < -0.4 is 15.0 Å². The van der Waals surface area contributed by atoms with Gasteiger partial charge in [-0.1, -0.05) is 31.6 Å². The zero-order valence-electron chi connectivity index (χ0n) is 18.6. The van der Waals surface area contributed by atoms with Crippen LogP contribution >= 0.6 is 10.2 Å². The maximum Gasteiger partial charge on any atom is 0.310 e. The van der Waals surface area contributed by atoms with E-state index in [0.717, 1.165) is 31.4 Å². The van der Waals surface area contributed by atoms with Gasteiger partial charge in [-0.05, 0) is 55.7 Å². The molecule has 0 bridgehead atoms. The number of aliphatic hydroxyl groups excluding tert-OH is 1. The smallest absolute Gasteiger partial charge is 0.310 e. The van der Waals surface area contributed by atoms with Gasteiger partial charge in [-0.15, -0.1) is 0 Å². The van der Waals surface area contributed by atoms with Crippen molar-refractivity contribution in [3.63, 3.8) is 0 Å². The molecule has 1 aliphatic carbocycles. The first-order valence-electron chi connectivity index (χ1n) is 11.2. The van der Waals surface area contributed by atoms with Crippen molar-refractivity contribution < 1.29 is 33.5 Å². The number of hydrogen-bond acceptors (Lipinski definition) is 7. The molecule has 0 radical (unpaired) electrons. The molecule has 3 heterocycles. The van der Waals surface area contributed by atoms with Gasteiger partial charge in [0.15, 0.2) is 11.8 Å². The van der Waals surface area contributed by atoms with Crippen LogP contribution in [0.5, 0.6) is 5.88 Å². The van der Waals surface area contributed by atoms with Gasteiger partial charge in [-0.3, -0.25) is 4.21 Å². The molecule has 1 saturated carbocycles. The maximum atomic E-state index is 13.0. The Bertz CT molecular complexity index is 1160. The molecule has 7 nitrogen and oxygen atoms in total. The van der Waals surface area contributed by atoms with Crippen molar-refractivity contribution in [1.29, 1.82) is 0 Å². The summed E-state index contributed by atoms with van der Waals surface area (Å²) in [6.07, 6.45) is 3.61. The van der Waals surface area contributed by atoms with Gasteiger partial charge in [0, 0.05) is 13.1 Å². The van der Waals surface area contributed by atoms with Crippen LogP contribution in [-0.4, -0.2) is 50.5 Å². The maximum absolute atomic E-state index is 13.0. The summed E-state index contributed by atoms with van der Waals surface area (Å²) in [5.41, 5.74) is 0.0571. The number of nitrogens with zero attached hydrogens (tertiary/aromatic N) is 3. The van der Waals surface area contributed by atoms with E-state index in [-0.39, 0.29) is 24.3 Å². The van der Waals surface area contributed by atoms with E-state index >= 15 is 0 Å². The number of halogens is 5. The third-order valence-corrected chi connectivity index (χ3v) is 9.24. The largest absolute Gasteiger partial charge is 0.463 e. The van der Waals surface area contributed by atoms with E-state index in [1.165, 1.54) is 0 Å². The Labute approximate surface area is 201 Å². The first-order chi connectivity index (χ1) is 16.3. The van der Waals surface area contributed by atoms with Crippen LogP contribution in [0.1, 0.15) is 43.6 Å². The summed E-state index contributed by atoms with van der Waals surface area (Å²) in [5, 5.41) is 13.1. The van der Waals surface area contributed by atoms with Crippen molar-refractivity contribution >= 4 is 32.8 Å². The third kappa shape index (κ3) is 4.79. The average Bonchev–Trinajstić information content (AvgIpc) is 3.16. The van der Waals surface area contributed by atoms with Crippen LogP contribution in [-0.2, 0) is 10.8 Å². The monoisotopic (exact) mass is 540 g/mol. The number of benzene rings is 1. The van der Waals surface area contributed by atoms with E-state index in [9.17, 15) is 28.7 Å². The number of anilines is 2. The fourth-order valence-corrected chi connectivity index (χ4v) is 6.30. The Balaban J connectivity index is 1.32. The standard InChI is InChI=1S/C21H25F5N4O3S2/c22-35(23,24,25,26)16-4-2-14(3-5-16)15-6-10-30(11-7-15)20-27-18(29-21(12-31)8-1-9-21)17-19(28-20)33-13-34(17)32/h2-5,15,31H,1,6-13H2,(H,27,28,29)/t34-/m1/s1. The summed E-state index contributed by atoms with van der Waals surface area (Å²) in [5.74, 6) is 0.862.